The zero-order chi connectivity index (χ0) is 17.0. The first-order valence-corrected chi connectivity index (χ1v) is 7.97. The lowest BCUT2D eigenvalue weighted by molar-refractivity contribution is -0.385. The molecule has 0 saturated heterocycles. The van der Waals surface area contributed by atoms with Crippen LogP contribution >= 0.6 is 11.9 Å². The fourth-order valence-electron chi connectivity index (χ4n) is 2.12. The van der Waals surface area contributed by atoms with Crippen LogP contribution in [0.2, 0.25) is 0 Å². The fourth-order valence-corrected chi connectivity index (χ4v) is 2.97. The summed E-state index contributed by atoms with van der Waals surface area (Å²) in [5.41, 5.74) is -0.798. The molecule has 0 aliphatic heterocycles. The van der Waals surface area contributed by atoms with Gasteiger partial charge in [0.1, 0.15) is 5.82 Å². The summed E-state index contributed by atoms with van der Waals surface area (Å²) in [5.74, 6) is -0.511. The maximum Gasteiger partial charge on any atom is 0.269 e. The average Bonchev–Trinajstić information content (AvgIpc) is 2.43. The third kappa shape index (κ3) is 4.66. The summed E-state index contributed by atoms with van der Waals surface area (Å²) in [6.07, 6.45) is 0.763. The van der Waals surface area contributed by atoms with Crippen molar-refractivity contribution in [1.82, 2.24) is 4.72 Å². The van der Waals surface area contributed by atoms with Crippen molar-refractivity contribution in [1.29, 1.82) is 0 Å². The van der Waals surface area contributed by atoms with Crippen molar-refractivity contribution in [3.8, 4) is 0 Å². The van der Waals surface area contributed by atoms with Crippen LogP contribution < -0.4 is 4.72 Å². The van der Waals surface area contributed by atoms with Gasteiger partial charge in [0.15, 0.2) is 0 Å². The summed E-state index contributed by atoms with van der Waals surface area (Å²) in [7, 11) is 0. The van der Waals surface area contributed by atoms with Crippen LogP contribution in [0.1, 0.15) is 46.1 Å². The summed E-state index contributed by atoms with van der Waals surface area (Å²) in [4.78, 5) is 10.4. The standard InChI is InChI=1S/C15H23FN2O3S/c1-5-15(8-9-19,17-22-14(2,3)4)12-10-11(18(20)21)6-7-13(12)16/h6-7,10,17,19H,5,8-9H2,1-4H3/t15-/m0/s1. The van der Waals surface area contributed by atoms with Crippen LogP contribution in [-0.2, 0) is 5.54 Å². The van der Waals surface area contributed by atoms with Gasteiger partial charge in [-0.15, -0.1) is 0 Å². The van der Waals surface area contributed by atoms with Crippen molar-refractivity contribution in [3.63, 3.8) is 0 Å². The largest absolute Gasteiger partial charge is 0.396 e. The van der Waals surface area contributed by atoms with Crippen molar-refractivity contribution in [2.45, 2.75) is 50.8 Å². The van der Waals surface area contributed by atoms with E-state index in [9.17, 15) is 19.6 Å². The van der Waals surface area contributed by atoms with Crippen LogP contribution in [0.3, 0.4) is 0 Å². The molecule has 0 unspecified atom stereocenters. The molecular weight excluding hydrogens is 307 g/mol. The third-order valence-electron chi connectivity index (χ3n) is 3.37. The van der Waals surface area contributed by atoms with E-state index in [2.05, 4.69) is 4.72 Å². The lowest BCUT2D eigenvalue weighted by Crippen LogP contribution is -2.41. The number of nitro groups is 1. The van der Waals surface area contributed by atoms with Gasteiger partial charge in [-0.05, 0) is 39.7 Å². The van der Waals surface area contributed by atoms with Gasteiger partial charge in [0.05, 0.1) is 10.5 Å². The summed E-state index contributed by atoms with van der Waals surface area (Å²) >= 11 is 1.43. The quantitative estimate of drug-likeness (QED) is 0.452. The molecule has 0 heterocycles. The molecule has 0 fully saturated rings. The minimum atomic E-state index is -0.858. The van der Waals surface area contributed by atoms with Crippen LogP contribution in [-0.4, -0.2) is 21.4 Å². The summed E-state index contributed by atoms with van der Waals surface area (Å²) in [6, 6.07) is 3.51. The first-order valence-electron chi connectivity index (χ1n) is 7.15. The van der Waals surface area contributed by atoms with Crippen molar-refractivity contribution in [3.05, 3.63) is 39.7 Å². The van der Waals surface area contributed by atoms with E-state index in [0.29, 0.717) is 6.42 Å². The second-order valence-corrected chi connectivity index (χ2v) is 7.78. The number of nitro benzene ring substituents is 1. The monoisotopic (exact) mass is 330 g/mol. The van der Waals surface area contributed by atoms with Gasteiger partial charge < -0.3 is 5.11 Å². The van der Waals surface area contributed by atoms with Gasteiger partial charge in [-0.2, -0.15) is 0 Å². The Kier molecular flexibility index (Phi) is 6.34. The van der Waals surface area contributed by atoms with E-state index in [0.717, 1.165) is 12.1 Å². The van der Waals surface area contributed by atoms with E-state index in [4.69, 9.17) is 0 Å². The van der Waals surface area contributed by atoms with E-state index < -0.39 is 16.3 Å². The highest BCUT2D eigenvalue weighted by molar-refractivity contribution is 7.98. The van der Waals surface area contributed by atoms with Gasteiger partial charge in [-0.25, -0.2) is 4.39 Å². The predicted molar refractivity (Wildman–Crippen MR) is 87.2 cm³/mol. The molecule has 0 bridgehead atoms. The van der Waals surface area contributed by atoms with Crippen molar-refractivity contribution < 1.29 is 14.4 Å². The summed E-state index contributed by atoms with van der Waals surface area (Å²) in [5, 5.41) is 20.4. The van der Waals surface area contributed by atoms with Gasteiger partial charge in [-0.3, -0.25) is 14.8 Å². The van der Waals surface area contributed by atoms with Gasteiger partial charge in [-0.1, -0.05) is 18.9 Å². The van der Waals surface area contributed by atoms with Crippen molar-refractivity contribution in [2.24, 2.45) is 0 Å². The lowest BCUT2D eigenvalue weighted by Gasteiger charge is -2.36. The number of non-ortho nitro benzene ring substituents is 1. The first kappa shape index (κ1) is 18.9. The van der Waals surface area contributed by atoms with Gasteiger partial charge in [0.25, 0.3) is 5.69 Å². The second-order valence-electron chi connectivity index (χ2n) is 6.15. The molecule has 0 saturated carbocycles. The second kappa shape index (κ2) is 7.39. The maximum absolute atomic E-state index is 14.3. The Labute approximate surface area is 134 Å². The van der Waals surface area contributed by atoms with Crippen molar-refractivity contribution in [2.75, 3.05) is 6.61 Å². The number of rotatable bonds is 7. The molecule has 2 N–H and O–H groups in total. The number of hydrogen-bond acceptors (Lipinski definition) is 5. The Hall–Kier alpha value is -1.18. The van der Waals surface area contributed by atoms with Crippen molar-refractivity contribution >= 4 is 17.6 Å². The number of nitrogens with one attached hydrogen (secondary N) is 1. The van der Waals surface area contributed by atoms with E-state index in [-0.39, 0.29) is 29.0 Å². The molecule has 1 aromatic carbocycles. The van der Waals surface area contributed by atoms with E-state index >= 15 is 0 Å². The van der Waals surface area contributed by atoms with Crippen LogP contribution in [0.5, 0.6) is 0 Å². The molecule has 0 aliphatic carbocycles. The molecule has 7 heteroatoms. The molecule has 0 radical (unpaired) electrons. The maximum atomic E-state index is 14.3. The molecule has 1 rings (SSSR count). The molecule has 124 valence electrons. The van der Waals surface area contributed by atoms with Gasteiger partial charge >= 0.3 is 0 Å². The van der Waals surface area contributed by atoms with Crippen LogP contribution in [0.4, 0.5) is 10.1 Å². The number of nitrogens with zero attached hydrogens (tertiary/aromatic N) is 1. The number of benzene rings is 1. The minimum absolute atomic E-state index is 0.118. The highest BCUT2D eigenvalue weighted by atomic mass is 32.2. The van der Waals surface area contributed by atoms with Crippen LogP contribution in [0.25, 0.3) is 0 Å². The highest BCUT2D eigenvalue weighted by Gasteiger charge is 2.35. The molecule has 1 aromatic rings. The van der Waals surface area contributed by atoms with E-state index in [1.54, 1.807) is 0 Å². The molecule has 0 aliphatic rings. The minimum Gasteiger partial charge on any atom is -0.396 e. The molecule has 22 heavy (non-hydrogen) atoms. The summed E-state index contributed by atoms with van der Waals surface area (Å²) in [6.45, 7) is 7.74. The number of halogens is 1. The van der Waals surface area contributed by atoms with E-state index in [1.165, 1.54) is 18.0 Å². The molecule has 1 atom stereocenters. The lowest BCUT2D eigenvalue weighted by atomic mass is 9.85. The molecular formula is C15H23FN2O3S. The Morgan fingerprint density at radius 1 is 1.41 bits per heavy atom. The predicted octanol–water partition coefficient (Wildman–Crippen LogP) is 3.76. The Morgan fingerprint density at radius 3 is 2.50 bits per heavy atom. The first-order chi connectivity index (χ1) is 10.1. The third-order valence-corrected chi connectivity index (χ3v) is 4.48. The molecule has 5 nitrogen and oxygen atoms in total. The average molecular weight is 330 g/mol. The van der Waals surface area contributed by atoms with Gasteiger partial charge in [0.2, 0.25) is 0 Å². The SMILES string of the molecule is CC[C@@](CCO)(NSC(C)(C)C)c1cc([N+](=O)[O-])ccc1F. The zero-order valence-electron chi connectivity index (χ0n) is 13.4. The van der Waals surface area contributed by atoms with Gasteiger partial charge in [0, 0.05) is 29.1 Å². The topological polar surface area (TPSA) is 75.4 Å². The Morgan fingerprint density at radius 2 is 2.05 bits per heavy atom. The smallest absolute Gasteiger partial charge is 0.269 e. The highest BCUT2D eigenvalue weighted by Crippen LogP contribution is 2.37. The van der Waals surface area contributed by atoms with Crippen LogP contribution in [0.15, 0.2) is 18.2 Å². The Balaban J connectivity index is 3.31. The zero-order valence-corrected chi connectivity index (χ0v) is 14.2. The number of aliphatic hydroxyl groups excluding tert-OH is 1. The van der Waals surface area contributed by atoms with Crippen LogP contribution in [0, 0.1) is 15.9 Å². The molecule has 0 aromatic heterocycles. The van der Waals surface area contributed by atoms with E-state index in [1.807, 2.05) is 27.7 Å². The normalized spacial score (nSPS) is 14.6. The molecule has 0 spiro atoms. The summed E-state index contributed by atoms with van der Waals surface area (Å²) < 4.78 is 17.4. The number of hydrogen-bond donors (Lipinski definition) is 2. The Bertz CT molecular complexity index is 534. The number of aliphatic hydroxyl groups is 1. The molecule has 0 amide bonds. The fraction of sp³-hybridized carbons (Fsp3) is 0.600.